The van der Waals surface area contributed by atoms with E-state index in [1.807, 2.05) is 0 Å². The van der Waals surface area contributed by atoms with Crippen LogP contribution in [0.5, 0.6) is 0 Å². The molecule has 0 aromatic rings. The average molecular weight is 415 g/mol. The SMILES string of the molecule is CC(C)(C)N(CC(CN(C(=O)O)C(C)(C)C)C(=O)ON1C(=O)CCC1=O)C(=O)O. The third-order valence-electron chi connectivity index (χ3n) is 4.41. The zero-order chi connectivity index (χ0) is 22.7. The van der Waals surface area contributed by atoms with Crippen LogP contribution in [0.3, 0.4) is 0 Å². The van der Waals surface area contributed by atoms with Crippen LogP contribution in [0.15, 0.2) is 0 Å². The van der Waals surface area contributed by atoms with Crippen LogP contribution in [0.1, 0.15) is 54.4 Å². The molecule has 1 aliphatic heterocycles. The van der Waals surface area contributed by atoms with Crippen LogP contribution in [0, 0.1) is 5.92 Å². The van der Waals surface area contributed by atoms with Gasteiger partial charge in [-0.05, 0) is 41.5 Å². The van der Waals surface area contributed by atoms with Crippen molar-refractivity contribution in [2.45, 2.75) is 65.5 Å². The summed E-state index contributed by atoms with van der Waals surface area (Å²) < 4.78 is 0. The summed E-state index contributed by atoms with van der Waals surface area (Å²) in [5.41, 5.74) is -1.78. The minimum atomic E-state index is -1.30. The molecule has 0 bridgehead atoms. The fraction of sp³-hybridized carbons (Fsp3) is 0.722. The maximum atomic E-state index is 12.8. The van der Waals surface area contributed by atoms with Gasteiger partial charge in [0.25, 0.3) is 11.8 Å². The molecule has 2 N–H and O–H groups in total. The molecule has 1 aliphatic rings. The van der Waals surface area contributed by atoms with Crippen LogP contribution in [0.2, 0.25) is 0 Å². The molecule has 11 nitrogen and oxygen atoms in total. The molecule has 0 aliphatic carbocycles. The third-order valence-corrected chi connectivity index (χ3v) is 4.41. The highest BCUT2D eigenvalue weighted by atomic mass is 16.7. The highest BCUT2D eigenvalue weighted by molar-refractivity contribution is 6.01. The fourth-order valence-electron chi connectivity index (χ4n) is 2.75. The molecular formula is C18H29N3O8. The van der Waals surface area contributed by atoms with E-state index in [4.69, 9.17) is 4.84 Å². The van der Waals surface area contributed by atoms with Crippen LogP contribution < -0.4 is 0 Å². The van der Waals surface area contributed by atoms with Crippen molar-refractivity contribution in [3.63, 3.8) is 0 Å². The first-order chi connectivity index (χ1) is 13.1. The van der Waals surface area contributed by atoms with Crippen LogP contribution in [-0.4, -0.2) is 79.2 Å². The first-order valence-corrected chi connectivity index (χ1v) is 9.14. The van der Waals surface area contributed by atoms with Gasteiger partial charge in [-0.1, -0.05) is 0 Å². The molecule has 0 spiro atoms. The molecule has 164 valence electrons. The zero-order valence-corrected chi connectivity index (χ0v) is 17.6. The third kappa shape index (κ3) is 6.33. The topological polar surface area (TPSA) is 145 Å². The van der Waals surface area contributed by atoms with Crippen molar-refractivity contribution >= 4 is 30.0 Å². The molecule has 0 aromatic heterocycles. The number of carboxylic acid groups (broad SMARTS) is 2. The van der Waals surface area contributed by atoms with Crippen molar-refractivity contribution in [2.75, 3.05) is 13.1 Å². The number of amides is 4. The maximum absolute atomic E-state index is 12.8. The molecule has 1 rings (SSSR count). The van der Waals surface area contributed by atoms with Crippen molar-refractivity contribution in [2.24, 2.45) is 5.92 Å². The first-order valence-electron chi connectivity index (χ1n) is 9.14. The van der Waals surface area contributed by atoms with Crippen molar-refractivity contribution in [3.8, 4) is 0 Å². The smallest absolute Gasteiger partial charge is 0.407 e. The van der Waals surface area contributed by atoms with E-state index in [9.17, 15) is 34.2 Å². The Morgan fingerprint density at radius 3 is 1.52 bits per heavy atom. The molecule has 1 heterocycles. The molecule has 29 heavy (non-hydrogen) atoms. The standard InChI is InChI=1S/C18H29N3O8/c1-17(2,3)19(15(25)26)9-11(10-20(16(27)28)18(4,5)6)14(24)29-21-12(22)7-8-13(21)23/h11H,7-10H2,1-6H3,(H,25,26)(H,27,28). The zero-order valence-electron chi connectivity index (χ0n) is 17.6. The van der Waals surface area contributed by atoms with E-state index in [0.717, 1.165) is 9.80 Å². The number of hydrogen-bond donors (Lipinski definition) is 2. The average Bonchev–Trinajstić information content (AvgIpc) is 2.83. The van der Waals surface area contributed by atoms with E-state index in [-0.39, 0.29) is 25.9 Å². The van der Waals surface area contributed by atoms with Crippen molar-refractivity contribution in [1.82, 2.24) is 14.9 Å². The number of nitrogens with zero attached hydrogens (tertiary/aromatic N) is 3. The first kappa shape index (κ1) is 24.2. The number of rotatable bonds is 6. The summed E-state index contributed by atoms with van der Waals surface area (Å²) in [7, 11) is 0. The minimum absolute atomic E-state index is 0.0940. The fourth-order valence-corrected chi connectivity index (χ4v) is 2.75. The van der Waals surface area contributed by atoms with Gasteiger partial charge in [-0.25, -0.2) is 14.4 Å². The van der Waals surface area contributed by atoms with Gasteiger partial charge in [-0.2, -0.15) is 0 Å². The van der Waals surface area contributed by atoms with Gasteiger partial charge in [-0.3, -0.25) is 9.59 Å². The molecule has 11 heteroatoms. The van der Waals surface area contributed by atoms with E-state index >= 15 is 0 Å². The molecule has 0 saturated carbocycles. The van der Waals surface area contributed by atoms with Crippen LogP contribution in [-0.2, 0) is 19.2 Å². The summed E-state index contributed by atoms with van der Waals surface area (Å²) in [5.74, 6) is -3.68. The lowest BCUT2D eigenvalue weighted by molar-refractivity contribution is -0.201. The van der Waals surface area contributed by atoms with Crippen LogP contribution in [0.4, 0.5) is 9.59 Å². The Bertz CT molecular complexity index is 642. The molecule has 0 radical (unpaired) electrons. The quantitative estimate of drug-likeness (QED) is 0.624. The number of imide groups is 1. The Labute approximate surface area is 169 Å². The summed E-state index contributed by atoms with van der Waals surface area (Å²) in [6, 6.07) is 0. The summed E-state index contributed by atoms with van der Waals surface area (Å²) in [5, 5.41) is 19.4. The predicted octanol–water partition coefficient (Wildman–Crippen LogP) is 1.77. The van der Waals surface area contributed by atoms with Gasteiger partial charge in [0.1, 0.15) is 0 Å². The Hall–Kier alpha value is -2.85. The van der Waals surface area contributed by atoms with Gasteiger partial charge in [0.15, 0.2) is 0 Å². The second-order valence-electron chi connectivity index (χ2n) is 8.82. The van der Waals surface area contributed by atoms with Gasteiger partial charge < -0.3 is 24.9 Å². The van der Waals surface area contributed by atoms with E-state index in [1.54, 1.807) is 41.5 Å². The Morgan fingerprint density at radius 2 is 1.24 bits per heavy atom. The lowest BCUT2D eigenvalue weighted by Crippen LogP contribution is -2.54. The molecule has 4 amide bonds. The summed E-state index contributed by atoms with van der Waals surface area (Å²) in [6.07, 6.45) is -2.80. The lowest BCUT2D eigenvalue weighted by atomic mass is 9.99. The molecule has 1 saturated heterocycles. The van der Waals surface area contributed by atoms with Gasteiger partial charge in [-0.15, -0.1) is 5.06 Å². The van der Waals surface area contributed by atoms with Gasteiger partial charge >= 0.3 is 18.2 Å². The van der Waals surface area contributed by atoms with Crippen molar-refractivity contribution in [3.05, 3.63) is 0 Å². The van der Waals surface area contributed by atoms with Crippen molar-refractivity contribution < 1.29 is 39.0 Å². The lowest BCUT2D eigenvalue weighted by Gasteiger charge is -2.39. The Kier molecular flexibility index (Phi) is 7.23. The summed E-state index contributed by atoms with van der Waals surface area (Å²) >= 11 is 0. The molecule has 0 unspecified atom stereocenters. The van der Waals surface area contributed by atoms with E-state index in [1.165, 1.54) is 0 Å². The van der Waals surface area contributed by atoms with E-state index in [0.29, 0.717) is 5.06 Å². The summed E-state index contributed by atoms with van der Waals surface area (Å²) in [6.45, 7) is 8.96. The second kappa shape index (κ2) is 8.66. The van der Waals surface area contributed by atoms with Crippen molar-refractivity contribution in [1.29, 1.82) is 0 Å². The molecule has 1 fully saturated rings. The van der Waals surface area contributed by atoms with Crippen LogP contribution >= 0.6 is 0 Å². The largest absolute Gasteiger partial charge is 0.465 e. The van der Waals surface area contributed by atoms with E-state index in [2.05, 4.69) is 0 Å². The maximum Gasteiger partial charge on any atom is 0.407 e. The van der Waals surface area contributed by atoms with E-state index < -0.39 is 47.0 Å². The monoisotopic (exact) mass is 415 g/mol. The number of carbonyl (C=O) groups excluding carboxylic acids is 3. The minimum Gasteiger partial charge on any atom is -0.465 e. The Morgan fingerprint density at radius 1 is 0.897 bits per heavy atom. The molecule has 0 atom stereocenters. The molecule has 0 aromatic carbocycles. The predicted molar refractivity (Wildman–Crippen MR) is 99.6 cm³/mol. The van der Waals surface area contributed by atoms with Gasteiger partial charge in [0.2, 0.25) is 0 Å². The highest BCUT2D eigenvalue weighted by Gasteiger charge is 2.40. The summed E-state index contributed by atoms with van der Waals surface area (Å²) in [4.78, 5) is 66.5. The van der Waals surface area contributed by atoms with Gasteiger partial charge in [0.05, 0.1) is 5.92 Å². The van der Waals surface area contributed by atoms with Crippen LogP contribution in [0.25, 0.3) is 0 Å². The number of hydrogen-bond acceptors (Lipinski definition) is 6. The number of hydroxylamine groups is 2. The van der Waals surface area contributed by atoms with Gasteiger partial charge in [0, 0.05) is 37.0 Å². The highest BCUT2D eigenvalue weighted by Crippen LogP contribution is 2.22. The number of carbonyl (C=O) groups is 5. The normalized spacial score (nSPS) is 14.9. The second-order valence-corrected chi connectivity index (χ2v) is 8.82. The Balaban J connectivity index is 3.20. The molecular weight excluding hydrogens is 386 g/mol.